The zero-order valence-corrected chi connectivity index (χ0v) is 10.8. The van der Waals surface area contributed by atoms with E-state index in [-0.39, 0.29) is 5.91 Å². The molecule has 0 aliphatic carbocycles. The molecule has 0 atom stereocenters. The molecule has 92 valence electrons. The van der Waals surface area contributed by atoms with Crippen LogP contribution in [0.15, 0.2) is 42.5 Å². The van der Waals surface area contributed by atoms with Crippen molar-refractivity contribution in [2.24, 2.45) is 0 Å². The number of nitrogens with two attached hydrogens (primary N) is 1. The maximum Gasteiger partial charge on any atom is 0.257 e. The van der Waals surface area contributed by atoms with Crippen LogP contribution in [0.25, 0.3) is 0 Å². The van der Waals surface area contributed by atoms with Crippen molar-refractivity contribution in [3.05, 3.63) is 58.1 Å². The van der Waals surface area contributed by atoms with E-state index in [2.05, 4.69) is 5.32 Å². The molecule has 0 aliphatic rings. The van der Waals surface area contributed by atoms with Gasteiger partial charge in [-0.3, -0.25) is 4.79 Å². The molecular weight excluding hydrogens is 271 g/mol. The molecule has 3 nitrogen and oxygen atoms in total. The van der Waals surface area contributed by atoms with Gasteiger partial charge in [0.15, 0.2) is 0 Å². The van der Waals surface area contributed by atoms with Gasteiger partial charge in [0, 0.05) is 0 Å². The first-order valence-electron chi connectivity index (χ1n) is 5.19. The Hall–Kier alpha value is -1.71. The van der Waals surface area contributed by atoms with E-state index in [0.717, 1.165) is 0 Å². The van der Waals surface area contributed by atoms with Crippen molar-refractivity contribution in [3.8, 4) is 0 Å². The third kappa shape index (κ3) is 2.58. The Kier molecular flexibility index (Phi) is 3.75. The maximum absolute atomic E-state index is 12.0. The molecule has 18 heavy (non-hydrogen) atoms. The van der Waals surface area contributed by atoms with Crippen molar-refractivity contribution >= 4 is 40.5 Å². The lowest BCUT2D eigenvalue weighted by molar-refractivity contribution is 0.102. The molecule has 2 aromatic rings. The molecule has 0 radical (unpaired) electrons. The van der Waals surface area contributed by atoms with Gasteiger partial charge in [0.25, 0.3) is 5.91 Å². The van der Waals surface area contributed by atoms with Gasteiger partial charge in [-0.25, -0.2) is 0 Å². The molecule has 0 saturated heterocycles. The summed E-state index contributed by atoms with van der Waals surface area (Å²) in [6.45, 7) is 0. The number of hydrogen-bond donors (Lipinski definition) is 2. The van der Waals surface area contributed by atoms with Crippen LogP contribution in [0.1, 0.15) is 10.4 Å². The summed E-state index contributed by atoms with van der Waals surface area (Å²) in [6, 6.07) is 11.8. The molecule has 0 bridgehead atoms. The Labute approximate surface area is 115 Å². The van der Waals surface area contributed by atoms with Crippen molar-refractivity contribution in [1.82, 2.24) is 0 Å². The van der Waals surface area contributed by atoms with E-state index in [4.69, 9.17) is 28.9 Å². The molecule has 2 aromatic carbocycles. The Balaban J connectivity index is 2.30. The highest BCUT2D eigenvalue weighted by molar-refractivity contribution is 6.36. The molecule has 0 heterocycles. The van der Waals surface area contributed by atoms with Crippen LogP contribution >= 0.6 is 23.2 Å². The largest absolute Gasteiger partial charge is 0.397 e. The molecule has 5 heteroatoms. The predicted octanol–water partition coefficient (Wildman–Crippen LogP) is 3.83. The topological polar surface area (TPSA) is 55.1 Å². The summed E-state index contributed by atoms with van der Waals surface area (Å²) in [7, 11) is 0. The lowest BCUT2D eigenvalue weighted by Gasteiger charge is -2.10. The fourth-order valence-electron chi connectivity index (χ4n) is 1.50. The van der Waals surface area contributed by atoms with Crippen LogP contribution in [0, 0.1) is 0 Å². The zero-order chi connectivity index (χ0) is 13.1. The van der Waals surface area contributed by atoms with E-state index >= 15 is 0 Å². The van der Waals surface area contributed by atoms with Crippen molar-refractivity contribution in [2.45, 2.75) is 0 Å². The van der Waals surface area contributed by atoms with Gasteiger partial charge >= 0.3 is 0 Å². The molecule has 0 unspecified atom stereocenters. The smallest absolute Gasteiger partial charge is 0.257 e. The van der Waals surface area contributed by atoms with Gasteiger partial charge in [-0.05, 0) is 24.3 Å². The fraction of sp³-hybridized carbons (Fsp3) is 0. The Morgan fingerprint density at radius 3 is 2.33 bits per heavy atom. The molecule has 2 rings (SSSR count). The quantitative estimate of drug-likeness (QED) is 0.822. The van der Waals surface area contributed by atoms with E-state index < -0.39 is 0 Å². The standard InChI is InChI=1S/C13H10Cl2N2O/c14-9-5-2-1-4-8(9)13(18)17-12-10(15)6-3-7-11(12)16/h1-7H,16H2,(H,17,18). The van der Waals surface area contributed by atoms with E-state index in [1.165, 1.54) is 0 Å². The summed E-state index contributed by atoms with van der Waals surface area (Å²) in [5.41, 5.74) is 6.93. The summed E-state index contributed by atoms with van der Waals surface area (Å²) in [4.78, 5) is 12.0. The minimum atomic E-state index is -0.347. The monoisotopic (exact) mass is 280 g/mol. The molecule has 1 amide bonds. The van der Waals surface area contributed by atoms with Gasteiger partial charge in [-0.15, -0.1) is 0 Å². The molecule has 0 spiro atoms. The van der Waals surface area contributed by atoms with Crippen molar-refractivity contribution in [1.29, 1.82) is 0 Å². The lowest BCUT2D eigenvalue weighted by Crippen LogP contribution is -2.14. The van der Waals surface area contributed by atoms with Crippen LogP contribution < -0.4 is 11.1 Å². The summed E-state index contributed by atoms with van der Waals surface area (Å²) >= 11 is 11.9. The highest BCUT2D eigenvalue weighted by Crippen LogP contribution is 2.28. The van der Waals surface area contributed by atoms with E-state index in [1.807, 2.05) is 0 Å². The predicted molar refractivity (Wildman–Crippen MR) is 75.3 cm³/mol. The maximum atomic E-state index is 12.0. The zero-order valence-electron chi connectivity index (χ0n) is 9.28. The molecule has 3 N–H and O–H groups in total. The normalized spacial score (nSPS) is 10.1. The minimum Gasteiger partial charge on any atom is -0.397 e. The summed E-state index contributed by atoms with van der Waals surface area (Å²) < 4.78 is 0. The number of nitrogen functional groups attached to an aromatic ring is 1. The number of anilines is 2. The second-order valence-electron chi connectivity index (χ2n) is 3.64. The number of carbonyl (C=O) groups is 1. The molecule has 0 fully saturated rings. The van der Waals surface area contributed by atoms with Crippen molar-refractivity contribution < 1.29 is 4.79 Å². The minimum absolute atomic E-state index is 0.347. The van der Waals surface area contributed by atoms with E-state index in [9.17, 15) is 4.79 Å². The summed E-state index contributed by atoms with van der Waals surface area (Å²) in [6.07, 6.45) is 0. The SMILES string of the molecule is Nc1cccc(Cl)c1NC(=O)c1ccccc1Cl. The fourth-order valence-corrected chi connectivity index (χ4v) is 1.95. The number of nitrogens with one attached hydrogen (secondary N) is 1. The second-order valence-corrected chi connectivity index (χ2v) is 4.45. The first-order valence-corrected chi connectivity index (χ1v) is 5.95. The van der Waals surface area contributed by atoms with Crippen LogP contribution in [-0.2, 0) is 0 Å². The molecule has 0 aliphatic heterocycles. The Morgan fingerprint density at radius 1 is 1.00 bits per heavy atom. The molecule has 0 aromatic heterocycles. The number of rotatable bonds is 2. The third-order valence-electron chi connectivity index (χ3n) is 2.40. The number of benzene rings is 2. The van der Waals surface area contributed by atoms with Gasteiger partial charge in [0.1, 0.15) is 0 Å². The average molecular weight is 281 g/mol. The van der Waals surface area contributed by atoms with Gasteiger partial charge in [-0.1, -0.05) is 41.4 Å². The second kappa shape index (κ2) is 5.29. The summed E-state index contributed by atoms with van der Waals surface area (Å²) in [5, 5.41) is 3.42. The van der Waals surface area contributed by atoms with Crippen LogP contribution in [0.4, 0.5) is 11.4 Å². The van der Waals surface area contributed by atoms with Crippen LogP contribution in [0.3, 0.4) is 0 Å². The first-order chi connectivity index (χ1) is 8.59. The van der Waals surface area contributed by atoms with Crippen molar-refractivity contribution in [3.63, 3.8) is 0 Å². The number of carbonyl (C=O) groups excluding carboxylic acids is 1. The average Bonchev–Trinajstić information content (AvgIpc) is 2.34. The number of para-hydroxylation sites is 1. The van der Waals surface area contributed by atoms with Crippen LogP contribution in [-0.4, -0.2) is 5.91 Å². The lowest BCUT2D eigenvalue weighted by atomic mass is 10.2. The highest BCUT2D eigenvalue weighted by Gasteiger charge is 2.13. The van der Waals surface area contributed by atoms with Crippen LogP contribution in [0.2, 0.25) is 10.0 Å². The van der Waals surface area contributed by atoms with Gasteiger partial charge < -0.3 is 11.1 Å². The highest BCUT2D eigenvalue weighted by atomic mass is 35.5. The third-order valence-corrected chi connectivity index (χ3v) is 3.05. The van der Waals surface area contributed by atoms with E-state index in [1.54, 1.807) is 42.5 Å². The molecule has 0 saturated carbocycles. The molecular formula is C13H10Cl2N2O. The van der Waals surface area contributed by atoms with Crippen molar-refractivity contribution in [2.75, 3.05) is 11.1 Å². The van der Waals surface area contributed by atoms with Gasteiger partial charge in [0.2, 0.25) is 0 Å². The van der Waals surface area contributed by atoms with Gasteiger partial charge in [0.05, 0.1) is 27.0 Å². The Bertz CT molecular complexity index is 579. The van der Waals surface area contributed by atoms with Gasteiger partial charge in [-0.2, -0.15) is 0 Å². The van der Waals surface area contributed by atoms with E-state index in [0.29, 0.717) is 27.0 Å². The number of halogens is 2. The number of hydrogen-bond acceptors (Lipinski definition) is 2. The first kappa shape index (κ1) is 12.7. The van der Waals surface area contributed by atoms with Crippen LogP contribution in [0.5, 0.6) is 0 Å². The Morgan fingerprint density at radius 2 is 1.67 bits per heavy atom. The summed E-state index contributed by atoms with van der Waals surface area (Å²) in [5.74, 6) is -0.347. The number of amides is 1.